The van der Waals surface area contributed by atoms with E-state index in [4.69, 9.17) is 0 Å². The number of hydrogen-bond acceptors (Lipinski definition) is 3. The molecule has 2 aromatic carbocycles. The van der Waals surface area contributed by atoms with Crippen LogP contribution in [0.2, 0.25) is 0 Å². The highest BCUT2D eigenvalue weighted by molar-refractivity contribution is 5.82. The van der Waals surface area contributed by atoms with Crippen LogP contribution < -0.4 is 5.32 Å². The SMILES string of the molecule is Cc1ccc([C@@H](Nc2ccccc2)[C@@H]2C(=O)[N+]([O-])=C[C@@H]3CCC=C[C@@]32C)cc1. The van der Waals surface area contributed by atoms with Gasteiger partial charge in [-0.25, -0.2) is 4.79 Å². The van der Waals surface area contributed by atoms with Gasteiger partial charge in [0.05, 0.1) is 6.04 Å². The van der Waals surface area contributed by atoms with Crippen molar-refractivity contribution in [3.8, 4) is 0 Å². The molecule has 1 amide bonds. The zero-order valence-electron chi connectivity index (χ0n) is 16.3. The van der Waals surface area contributed by atoms with Crippen molar-refractivity contribution < 1.29 is 9.53 Å². The summed E-state index contributed by atoms with van der Waals surface area (Å²) in [7, 11) is 0. The van der Waals surface area contributed by atoms with Gasteiger partial charge in [0.25, 0.3) is 0 Å². The first-order chi connectivity index (χ1) is 13.5. The summed E-state index contributed by atoms with van der Waals surface area (Å²) in [5.74, 6) is -0.804. The summed E-state index contributed by atoms with van der Waals surface area (Å²) in [5, 5.41) is 16.1. The Labute approximate surface area is 166 Å². The second kappa shape index (κ2) is 7.27. The van der Waals surface area contributed by atoms with E-state index < -0.39 is 11.3 Å². The van der Waals surface area contributed by atoms with E-state index in [2.05, 4.69) is 48.7 Å². The number of rotatable bonds is 4. The van der Waals surface area contributed by atoms with Crippen molar-refractivity contribution >= 4 is 17.8 Å². The van der Waals surface area contributed by atoms with Gasteiger partial charge in [-0.3, -0.25) is 0 Å². The Kier molecular flexibility index (Phi) is 4.80. The van der Waals surface area contributed by atoms with Crippen LogP contribution in [0.1, 0.15) is 36.9 Å². The number of allylic oxidation sites excluding steroid dienone is 2. The largest absolute Gasteiger partial charge is 0.616 e. The second-order valence-electron chi connectivity index (χ2n) is 8.14. The Bertz CT molecular complexity index is 917. The van der Waals surface area contributed by atoms with E-state index in [-0.39, 0.29) is 17.9 Å². The first kappa shape index (κ1) is 18.5. The van der Waals surface area contributed by atoms with Crippen LogP contribution in [-0.2, 0) is 4.79 Å². The smallest absolute Gasteiger partial charge is 0.404 e. The lowest BCUT2D eigenvalue weighted by molar-refractivity contribution is -0.395. The van der Waals surface area contributed by atoms with Gasteiger partial charge in [-0.05, 0) is 37.5 Å². The lowest BCUT2D eigenvalue weighted by Gasteiger charge is -2.45. The molecule has 0 saturated carbocycles. The number of benzene rings is 2. The minimum atomic E-state index is -0.487. The van der Waals surface area contributed by atoms with Crippen molar-refractivity contribution in [1.82, 2.24) is 0 Å². The number of hydrogen-bond donors (Lipinski definition) is 1. The predicted molar refractivity (Wildman–Crippen MR) is 112 cm³/mol. The van der Waals surface area contributed by atoms with E-state index in [1.807, 2.05) is 37.3 Å². The molecule has 1 heterocycles. The maximum absolute atomic E-state index is 13.2. The number of amides is 1. The topological polar surface area (TPSA) is 55.2 Å². The molecule has 0 unspecified atom stereocenters. The predicted octanol–water partition coefficient (Wildman–Crippen LogP) is 4.86. The molecule has 0 aromatic heterocycles. The van der Waals surface area contributed by atoms with Crippen LogP contribution in [0, 0.1) is 29.4 Å². The summed E-state index contributed by atoms with van der Waals surface area (Å²) in [4.78, 5) is 13.2. The van der Waals surface area contributed by atoms with Gasteiger partial charge in [0.1, 0.15) is 5.92 Å². The minimum Gasteiger partial charge on any atom is -0.616 e. The lowest BCUT2D eigenvalue weighted by Crippen LogP contribution is -2.52. The quantitative estimate of drug-likeness (QED) is 0.472. The van der Waals surface area contributed by atoms with Gasteiger partial charge in [0, 0.05) is 17.0 Å². The van der Waals surface area contributed by atoms with E-state index >= 15 is 0 Å². The first-order valence-electron chi connectivity index (χ1n) is 9.90. The zero-order chi connectivity index (χ0) is 19.7. The standard InChI is InChI=1S/C24H26N2O2/c1-17-11-13-18(14-12-17)22(25-20-9-4-3-5-10-20)21-23(27)26(28)16-19-8-6-7-15-24(19,21)2/h3-5,7,9-16,19,21-22,25H,6,8H2,1-2H3/t19-,21+,22+,24-/m0/s1. The normalized spacial score (nSPS) is 27.6. The van der Waals surface area contributed by atoms with Gasteiger partial charge in [0.15, 0.2) is 6.21 Å². The van der Waals surface area contributed by atoms with Crippen LogP contribution >= 0.6 is 0 Å². The zero-order valence-corrected chi connectivity index (χ0v) is 16.3. The molecule has 1 aliphatic carbocycles. The van der Waals surface area contributed by atoms with Crippen LogP contribution in [0.25, 0.3) is 0 Å². The van der Waals surface area contributed by atoms with Crippen molar-refractivity contribution in [2.45, 2.75) is 32.7 Å². The van der Waals surface area contributed by atoms with Crippen molar-refractivity contribution in [1.29, 1.82) is 0 Å². The Balaban J connectivity index is 1.83. The summed E-state index contributed by atoms with van der Waals surface area (Å²) >= 11 is 0. The fraction of sp³-hybridized carbons (Fsp3) is 0.333. The molecular weight excluding hydrogens is 348 g/mol. The van der Waals surface area contributed by atoms with Crippen molar-refractivity contribution in [3.63, 3.8) is 0 Å². The molecule has 28 heavy (non-hydrogen) atoms. The van der Waals surface area contributed by atoms with Crippen LogP contribution in [0.3, 0.4) is 0 Å². The van der Waals surface area contributed by atoms with Crippen molar-refractivity contribution in [2.75, 3.05) is 5.32 Å². The number of hydroxylamine groups is 1. The van der Waals surface area contributed by atoms with Gasteiger partial charge in [-0.15, -0.1) is 4.74 Å². The molecule has 0 spiro atoms. The number of anilines is 1. The summed E-state index contributed by atoms with van der Waals surface area (Å²) < 4.78 is 0.574. The molecule has 4 nitrogen and oxygen atoms in total. The van der Waals surface area contributed by atoms with Gasteiger partial charge >= 0.3 is 5.91 Å². The van der Waals surface area contributed by atoms with E-state index in [0.717, 1.165) is 29.7 Å². The van der Waals surface area contributed by atoms with Crippen LogP contribution in [0.4, 0.5) is 5.69 Å². The van der Waals surface area contributed by atoms with Gasteiger partial charge < -0.3 is 10.5 Å². The number of carbonyl (C=O) groups excluding carboxylic acids is 1. The number of carbonyl (C=O) groups is 1. The monoisotopic (exact) mass is 374 g/mol. The maximum Gasteiger partial charge on any atom is 0.404 e. The van der Waals surface area contributed by atoms with E-state index in [1.54, 1.807) is 6.21 Å². The Morgan fingerprint density at radius 2 is 1.86 bits per heavy atom. The maximum atomic E-state index is 13.2. The Morgan fingerprint density at radius 1 is 1.14 bits per heavy atom. The molecule has 2 aromatic rings. The molecule has 1 N–H and O–H groups in total. The van der Waals surface area contributed by atoms with Gasteiger partial charge in [0.2, 0.25) is 0 Å². The first-order valence-corrected chi connectivity index (χ1v) is 9.90. The molecule has 0 radical (unpaired) electrons. The van der Waals surface area contributed by atoms with Crippen LogP contribution in [0.5, 0.6) is 0 Å². The molecule has 4 heteroatoms. The number of nitrogens with zero attached hydrogens (tertiary/aromatic N) is 1. The number of fused-ring (bicyclic) bond motifs is 1. The van der Waals surface area contributed by atoms with Gasteiger partial charge in [-0.1, -0.05) is 67.1 Å². The fourth-order valence-corrected chi connectivity index (χ4v) is 4.61. The van der Waals surface area contributed by atoms with Crippen molar-refractivity contribution in [3.05, 3.63) is 83.1 Å². The summed E-state index contributed by atoms with van der Waals surface area (Å²) in [5.41, 5.74) is 2.72. The lowest BCUT2D eigenvalue weighted by atomic mass is 9.60. The number of nitrogens with one attached hydrogen (secondary N) is 1. The molecule has 2 aliphatic rings. The average Bonchev–Trinajstić information content (AvgIpc) is 2.70. The Hall–Kier alpha value is -2.88. The van der Waals surface area contributed by atoms with Gasteiger partial charge in [-0.2, -0.15) is 0 Å². The minimum absolute atomic E-state index is 0.0585. The van der Waals surface area contributed by atoms with Crippen LogP contribution in [0.15, 0.2) is 66.7 Å². The third kappa shape index (κ3) is 3.24. The molecule has 4 rings (SSSR count). The molecule has 0 bridgehead atoms. The molecular formula is C24H26N2O2. The highest BCUT2D eigenvalue weighted by atomic mass is 16.5. The molecule has 1 aliphatic heterocycles. The number of para-hydroxylation sites is 1. The second-order valence-corrected chi connectivity index (χ2v) is 8.14. The third-order valence-electron chi connectivity index (χ3n) is 6.25. The van der Waals surface area contributed by atoms with E-state index in [0.29, 0.717) is 4.74 Å². The number of aryl methyl sites for hydroxylation is 1. The molecule has 0 saturated heterocycles. The van der Waals surface area contributed by atoms with Crippen LogP contribution in [-0.4, -0.2) is 16.9 Å². The highest BCUT2D eigenvalue weighted by Crippen LogP contribution is 2.50. The summed E-state index contributed by atoms with van der Waals surface area (Å²) in [6.45, 7) is 4.16. The fourth-order valence-electron chi connectivity index (χ4n) is 4.61. The summed E-state index contributed by atoms with van der Waals surface area (Å²) in [6, 6.07) is 17.8. The Morgan fingerprint density at radius 3 is 2.57 bits per heavy atom. The molecule has 144 valence electrons. The third-order valence-corrected chi connectivity index (χ3v) is 6.25. The molecule has 0 fully saturated rings. The van der Waals surface area contributed by atoms with E-state index in [9.17, 15) is 10.0 Å². The summed E-state index contributed by atoms with van der Waals surface area (Å²) in [6.07, 6.45) is 7.71. The molecule has 4 atom stereocenters. The van der Waals surface area contributed by atoms with E-state index in [1.165, 1.54) is 0 Å². The highest BCUT2D eigenvalue weighted by Gasteiger charge is 2.55. The average molecular weight is 374 g/mol. The van der Waals surface area contributed by atoms with Crippen molar-refractivity contribution in [2.24, 2.45) is 17.3 Å².